The Kier molecular flexibility index (Phi) is 4.12. The fourth-order valence-corrected chi connectivity index (χ4v) is 2.18. The van der Waals surface area contributed by atoms with Crippen molar-refractivity contribution in [2.75, 3.05) is 6.54 Å². The van der Waals surface area contributed by atoms with E-state index in [4.69, 9.17) is 0 Å². The zero-order valence-electron chi connectivity index (χ0n) is 12.7. The SMILES string of the molecule is Cc1nc2ccccc2n1CCCNC(=O)C(C)(C)C. The van der Waals surface area contributed by atoms with E-state index in [1.807, 2.05) is 45.9 Å². The molecule has 1 amide bonds. The monoisotopic (exact) mass is 273 g/mol. The van der Waals surface area contributed by atoms with Gasteiger partial charge in [-0.3, -0.25) is 4.79 Å². The van der Waals surface area contributed by atoms with Gasteiger partial charge >= 0.3 is 0 Å². The molecule has 0 atom stereocenters. The van der Waals surface area contributed by atoms with Crippen LogP contribution in [-0.2, 0) is 11.3 Å². The van der Waals surface area contributed by atoms with Gasteiger partial charge in [0.05, 0.1) is 11.0 Å². The number of imidazole rings is 1. The van der Waals surface area contributed by atoms with Crippen LogP contribution in [0.25, 0.3) is 11.0 Å². The number of nitrogens with zero attached hydrogens (tertiary/aromatic N) is 2. The van der Waals surface area contributed by atoms with Crippen molar-refractivity contribution in [1.29, 1.82) is 0 Å². The van der Waals surface area contributed by atoms with Crippen molar-refractivity contribution in [3.8, 4) is 0 Å². The average Bonchev–Trinajstić information content (AvgIpc) is 2.69. The molecule has 1 aromatic heterocycles. The van der Waals surface area contributed by atoms with Crippen LogP contribution in [0.2, 0.25) is 0 Å². The van der Waals surface area contributed by atoms with Gasteiger partial charge in [-0.25, -0.2) is 4.98 Å². The lowest BCUT2D eigenvalue weighted by Crippen LogP contribution is -2.35. The first-order valence-electron chi connectivity index (χ1n) is 7.10. The van der Waals surface area contributed by atoms with E-state index in [0.717, 1.165) is 29.8 Å². The largest absolute Gasteiger partial charge is 0.356 e. The number of fused-ring (bicyclic) bond motifs is 1. The summed E-state index contributed by atoms with van der Waals surface area (Å²) in [4.78, 5) is 16.3. The molecule has 0 unspecified atom stereocenters. The van der Waals surface area contributed by atoms with Crippen molar-refractivity contribution in [3.63, 3.8) is 0 Å². The highest BCUT2D eigenvalue weighted by Crippen LogP contribution is 2.16. The Balaban J connectivity index is 1.94. The maximum Gasteiger partial charge on any atom is 0.225 e. The highest BCUT2D eigenvalue weighted by Gasteiger charge is 2.20. The summed E-state index contributed by atoms with van der Waals surface area (Å²) in [5, 5.41) is 2.98. The summed E-state index contributed by atoms with van der Waals surface area (Å²) in [7, 11) is 0. The van der Waals surface area contributed by atoms with E-state index < -0.39 is 0 Å². The van der Waals surface area contributed by atoms with Crippen molar-refractivity contribution in [2.24, 2.45) is 5.41 Å². The number of aromatic nitrogens is 2. The van der Waals surface area contributed by atoms with Crippen LogP contribution in [0.15, 0.2) is 24.3 Å². The molecule has 0 bridgehead atoms. The standard InChI is InChI=1S/C16H23N3O/c1-12-18-13-8-5-6-9-14(13)19(12)11-7-10-17-15(20)16(2,3)4/h5-6,8-9H,7,10-11H2,1-4H3,(H,17,20). The fourth-order valence-electron chi connectivity index (χ4n) is 2.18. The summed E-state index contributed by atoms with van der Waals surface area (Å²) in [5.74, 6) is 1.12. The summed E-state index contributed by atoms with van der Waals surface area (Å²) in [6, 6.07) is 8.15. The van der Waals surface area contributed by atoms with Crippen LogP contribution >= 0.6 is 0 Å². The van der Waals surface area contributed by atoms with E-state index in [2.05, 4.69) is 20.9 Å². The number of rotatable bonds is 4. The molecule has 0 aliphatic heterocycles. The van der Waals surface area contributed by atoms with Crippen LogP contribution < -0.4 is 5.32 Å². The van der Waals surface area contributed by atoms with Crippen molar-refractivity contribution >= 4 is 16.9 Å². The van der Waals surface area contributed by atoms with E-state index in [1.165, 1.54) is 0 Å². The zero-order chi connectivity index (χ0) is 14.8. The first-order valence-corrected chi connectivity index (χ1v) is 7.10. The molecule has 1 heterocycles. The van der Waals surface area contributed by atoms with Crippen LogP contribution in [-0.4, -0.2) is 22.0 Å². The minimum atomic E-state index is -0.322. The van der Waals surface area contributed by atoms with E-state index in [1.54, 1.807) is 0 Å². The number of carbonyl (C=O) groups excluding carboxylic acids is 1. The fraction of sp³-hybridized carbons (Fsp3) is 0.500. The van der Waals surface area contributed by atoms with Crippen molar-refractivity contribution < 1.29 is 4.79 Å². The van der Waals surface area contributed by atoms with Crippen molar-refractivity contribution in [3.05, 3.63) is 30.1 Å². The van der Waals surface area contributed by atoms with E-state index >= 15 is 0 Å². The Morgan fingerprint density at radius 1 is 1.30 bits per heavy atom. The number of hydrogen-bond donors (Lipinski definition) is 1. The Hall–Kier alpha value is -1.84. The van der Waals surface area contributed by atoms with Crippen LogP contribution in [0.5, 0.6) is 0 Å². The maximum absolute atomic E-state index is 11.8. The predicted molar refractivity (Wildman–Crippen MR) is 81.6 cm³/mol. The molecule has 20 heavy (non-hydrogen) atoms. The van der Waals surface area contributed by atoms with Crippen LogP contribution in [0.3, 0.4) is 0 Å². The Morgan fingerprint density at radius 3 is 2.70 bits per heavy atom. The normalized spacial score (nSPS) is 11.8. The van der Waals surface area contributed by atoms with Gasteiger partial charge in [0.25, 0.3) is 0 Å². The van der Waals surface area contributed by atoms with Gasteiger partial charge in [-0.1, -0.05) is 32.9 Å². The van der Waals surface area contributed by atoms with Gasteiger partial charge < -0.3 is 9.88 Å². The summed E-state index contributed by atoms with van der Waals surface area (Å²) >= 11 is 0. The number of para-hydroxylation sites is 2. The summed E-state index contributed by atoms with van der Waals surface area (Å²) < 4.78 is 2.21. The van der Waals surface area contributed by atoms with Gasteiger partial charge in [0, 0.05) is 18.5 Å². The minimum Gasteiger partial charge on any atom is -0.356 e. The Labute approximate surface area is 120 Å². The van der Waals surface area contributed by atoms with Crippen LogP contribution in [0.4, 0.5) is 0 Å². The van der Waals surface area contributed by atoms with Crippen molar-refractivity contribution in [1.82, 2.24) is 14.9 Å². The van der Waals surface area contributed by atoms with Crippen LogP contribution in [0, 0.1) is 12.3 Å². The highest BCUT2D eigenvalue weighted by molar-refractivity contribution is 5.81. The van der Waals surface area contributed by atoms with E-state index in [0.29, 0.717) is 6.54 Å². The zero-order valence-corrected chi connectivity index (χ0v) is 12.7. The van der Waals surface area contributed by atoms with Gasteiger partial charge in [-0.2, -0.15) is 0 Å². The number of carbonyl (C=O) groups is 1. The van der Waals surface area contributed by atoms with Crippen molar-refractivity contribution in [2.45, 2.75) is 40.7 Å². The molecule has 0 fully saturated rings. The molecule has 4 nitrogen and oxygen atoms in total. The molecule has 0 saturated carbocycles. The lowest BCUT2D eigenvalue weighted by atomic mass is 9.96. The predicted octanol–water partition coefficient (Wildman–Crippen LogP) is 2.90. The highest BCUT2D eigenvalue weighted by atomic mass is 16.2. The molecule has 108 valence electrons. The molecule has 1 N–H and O–H groups in total. The summed E-state index contributed by atoms with van der Waals surface area (Å²) in [5.41, 5.74) is 1.87. The number of hydrogen-bond acceptors (Lipinski definition) is 2. The Bertz CT molecular complexity index is 608. The van der Waals surface area contributed by atoms with Gasteiger partial charge in [0.15, 0.2) is 0 Å². The third-order valence-corrected chi connectivity index (χ3v) is 3.37. The third-order valence-electron chi connectivity index (χ3n) is 3.37. The summed E-state index contributed by atoms with van der Waals surface area (Å²) in [6.45, 7) is 9.37. The van der Waals surface area contributed by atoms with E-state index in [9.17, 15) is 4.79 Å². The number of benzene rings is 1. The first-order chi connectivity index (χ1) is 9.39. The second kappa shape index (κ2) is 5.65. The molecule has 0 radical (unpaired) electrons. The summed E-state index contributed by atoms with van der Waals surface area (Å²) in [6.07, 6.45) is 0.906. The molecule has 0 spiro atoms. The quantitative estimate of drug-likeness (QED) is 0.871. The molecule has 2 rings (SSSR count). The molecule has 0 saturated heterocycles. The second-order valence-corrected chi connectivity index (χ2v) is 6.16. The smallest absolute Gasteiger partial charge is 0.225 e. The lowest BCUT2D eigenvalue weighted by molar-refractivity contribution is -0.128. The van der Waals surface area contributed by atoms with Gasteiger partial charge in [-0.05, 0) is 25.5 Å². The van der Waals surface area contributed by atoms with E-state index in [-0.39, 0.29) is 11.3 Å². The second-order valence-electron chi connectivity index (χ2n) is 6.16. The maximum atomic E-state index is 11.8. The number of nitrogens with one attached hydrogen (secondary N) is 1. The van der Waals surface area contributed by atoms with Gasteiger partial charge in [0.1, 0.15) is 5.82 Å². The van der Waals surface area contributed by atoms with Gasteiger partial charge in [0.2, 0.25) is 5.91 Å². The minimum absolute atomic E-state index is 0.102. The molecule has 0 aliphatic carbocycles. The molecular formula is C16H23N3O. The van der Waals surface area contributed by atoms with Crippen LogP contribution in [0.1, 0.15) is 33.0 Å². The Morgan fingerprint density at radius 2 is 2.00 bits per heavy atom. The average molecular weight is 273 g/mol. The lowest BCUT2D eigenvalue weighted by Gasteiger charge is -2.17. The third kappa shape index (κ3) is 3.18. The number of amides is 1. The topological polar surface area (TPSA) is 46.9 Å². The first kappa shape index (κ1) is 14.6. The molecule has 4 heteroatoms. The van der Waals surface area contributed by atoms with Gasteiger partial charge in [-0.15, -0.1) is 0 Å². The number of aryl methyl sites for hydroxylation is 2. The molecular weight excluding hydrogens is 250 g/mol. The molecule has 0 aliphatic rings. The molecule has 2 aromatic rings. The molecule has 1 aromatic carbocycles.